The average molecular weight is 359 g/mol. The highest BCUT2D eigenvalue weighted by molar-refractivity contribution is 5.35. The summed E-state index contributed by atoms with van der Waals surface area (Å²) in [6, 6.07) is 28.6. The van der Waals surface area contributed by atoms with E-state index in [2.05, 4.69) is 41.7 Å². The minimum absolute atomic E-state index is 0.244. The largest absolute Gasteiger partial charge is 0.457 e. The molecule has 4 rings (SSSR count). The van der Waals surface area contributed by atoms with Gasteiger partial charge in [-0.15, -0.1) is 0 Å². The van der Waals surface area contributed by atoms with Gasteiger partial charge in [0.05, 0.1) is 12.2 Å². The van der Waals surface area contributed by atoms with Gasteiger partial charge in [-0.2, -0.15) is 0 Å². The highest BCUT2D eigenvalue weighted by Gasteiger charge is 2.35. The summed E-state index contributed by atoms with van der Waals surface area (Å²) in [5.41, 5.74) is 2.19. The zero-order chi connectivity index (χ0) is 18.4. The van der Waals surface area contributed by atoms with E-state index < -0.39 is 0 Å². The van der Waals surface area contributed by atoms with Gasteiger partial charge in [-0.1, -0.05) is 60.7 Å². The average Bonchev–Trinajstić information content (AvgIpc) is 2.75. The third kappa shape index (κ3) is 4.38. The van der Waals surface area contributed by atoms with Gasteiger partial charge in [0.2, 0.25) is 0 Å². The van der Waals surface area contributed by atoms with E-state index in [0.717, 1.165) is 37.4 Å². The summed E-state index contributed by atoms with van der Waals surface area (Å²) in [6.45, 7) is 2.57. The molecule has 3 aromatic rings. The molecule has 3 aromatic carbocycles. The van der Waals surface area contributed by atoms with Crippen molar-refractivity contribution < 1.29 is 9.47 Å². The molecule has 0 aromatic heterocycles. The third-order valence-electron chi connectivity index (χ3n) is 5.13. The molecule has 27 heavy (non-hydrogen) atoms. The summed E-state index contributed by atoms with van der Waals surface area (Å²) in [5.74, 6) is 1.69. The Morgan fingerprint density at radius 3 is 1.96 bits per heavy atom. The van der Waals surface area contributed by atoms with Crippen LogP contribution < -0.4 is 10.1 Å². The van der Waals surface area contributed by atoms with Gasteiger partial charge in [0.1, 0.15) is 11.5 Å². The molecule has 1 saturated heterocycles. The first-order valence-corrected chi connectivity index (χ1v) is 9.56. The number of piperidine rings is 1. The summed E-state index contributed by atoms with van der Waals surface area (Å²) in [7, 11) is 0. The molecule has 3 heteroatoms. The molecule has 0 amide bonds. The van der Waals surface area contributed by atoms with Crippen LogP contribution in [0.3, 0.4) is 0 Å². The van der Waals surface area contributed by atoms with Crippen molar-refractivity contribution in [2.45, 2.75) is 25.0 Å². The number of hydrogen-bond acceptors (Lipinski definition) is 3. The second-order valence-electron chi connectivity index (χ2n) is 6.96. The van der Waals surface area contributed by atoms with E-state index in [0.29, 0.717) is 6.61 Å². The van der Waals surface area contributed by atoms with E-state index in [1.165, 1.54) is 11.1 Å². The van der Waals surface area contributed by atoms with Crippen LogP contribution in [0.5, 0.6) is 11.5 Å². The Morgan fingerprint density at radius 2 is 1.30 bits per heavy atom. The van der Waals surface area contributed by atoms with Crippen molar-refractivity contribution in [3.05, 3.63) is 96.1 Å². The molecule has 0 atom stereocenters. The molecular weight excluding hydrogens is 334 g/mol. The lowest BCUT2D eigenvalue weighted by Gasteiger charge is -2.38. The fourth-order valence-electron chi connectivity index (χ4n) is 3.59. The van der Waals surface area contributed by atoms with E-state index in [-0.39, 0.29) is 5.60 Å². The Hall–Kier alpha value is -2.62. The Balaban J connectivity index is 1.51. The molecule has 1 aliphatic heterocycles. The van der Waals surface area contributed by atoms with Gasteiger partial charge in [0.15, 0.2) is 0 Å². The van der Waals surface area contributed by atoms with Crippen molar-refractivity contribution >= 4 is 0 Å². The molecule has 0 unspecified atom stereocenters. The van der Waals surface area contributed by atoms with Crippen LogP contribution in [0.25, 0.3) is 0 Å². The van der Waals surface area contributed by atoms with Crippen molar-refractivity contribution in [1.29, 1.82) is 0 Å². The molecule has 1 aliphatic rings. The van der Waals surface area contributed by atoms with Crippen LogP contribution >= 0.6 is 0 Å². The minimum atomic E-state index is -0.244. The van der Waals surface area contributed by atoms with Gasteiger partial charge in [-0.3, -0.25) is 0 Å². The first-order chi connectivity index (χ1) is 13.3. The van der Waals surface area contributed by atoms with E-state index in [1.54, 1.807) is 0 Å². The van der Waals surface area contributed by atoms with Crippen LogP contribution in [-0.4, -0.2) is 13.1 Å². The van der Waals surface area contributed by atoms with E-state index in [1.807, 2.05) is 48.5 Å². The summed E-state index contributed by atoms with van der Waals surface area (Å²) in [6.07, 6.45) is 1.94. The van der Waals surface area contributed by atoms with E-state index in [4.69, 9.17) is 9.47 Å². The number of ether oxygens (including phenoxy) is 2. The van der Waals surface area contributed by atoms with Crippen molar-refractivity contribution in [3.63, 3.8) is 0 Å². The minimum Gasteiger partial charge on any atom is -0.457 e. The van der Waals surface area contributed by atoms with Crippen molar-refractivity contribution in [1.82, 2.24) is 5.32 Å². The summed E-state index contributed by atoms with van der Waals surface area (Å²) in [5, 5.41) is 3.45. The van der Waals surface area contributed by atoms with Crippen LogP contribution in [0, 0.1) is 0 Å². The second-order valence-corrected chi connectivity index (χ2v) is 6.96. The monoisotopic (exact) mass is 359 g/mol. The summed E-state index contributed by atoms with van der Waals surface area (Å²) in [4.78, 5) is 0. The van der Waals surface area contributed by atoms with Crippen LogP contribution in [0.1, 0.15) is 24.0 Å². The zero-order valence-electron chi connectivity index (χ0n) is 15.4. The molecule has 1 heterocycles. The predicted octanol–water partition coefficient (Wildman–Crippen LogP) is 5.27. The van der Waals surface area contributed by atoms with E-state index >= 15 is 0 Å². The van der Waals surface area contributed by atoms with Gasteiger partial charge in [-0.05, 0) is 61.3 Å². The lowest BCUT2D eigenvalue weighted by atomic mass is 9.84. The summed E-state index contributed by atoms with van der Waals surface area (Å²) < 4.78 is 12.4. The fraction of sp³-hybridized carbons (Fsp3) is 0.250. The number of benzene rings is 3. The van der Waals surface area contributed by atoms with Gasteiger partial charge in [0.25, 0.3) is 0 Å². The lowest BCUT2D eigenvalue weighted by molar-refractivity contribution is -0.0819. The third-order valence-corrected chi connectivity index (χ3v) is 5.13. The molecular formula is C24H25NO2. The van der Waals surface area contributed by atoms with Gasteiger partial charge < -0.3 is 14.8 Å². The molecule has 138 valence electrons. The topological polar surface area (TPSA) is 30.5 Å². The maximum absolute atomic E-state index is 6.52. The highest BCUT2D eigenvalue weighted by atomic mass is 16.5. The highest BCUT2D eigenvalue weighted by Crippen LogP contribution is 2.37. The standard InChI is InChI=1S/C24H25NO2/c1-3-7-20(8-4-1)19-26-24(15-17-25-18-16-24)21-11-13-23(14-12-21)27-22-9-5-2-6-10-22/h1-14,25H,15-19H2. The Kier molecular flexibility index (Phi) is 5.52. The van der Waals surface area contributed by atoms with Gasteiger partial charge >= 0.3 is 0 Å². The first-order valence-electron chi connectivity index (χ1n) is 9.56. The van der Waals surface area contributed by atoms with E-state index in [9.17, 15) is 0 Å². The number of rotatable bonds is 6. The van der Waals surface area contributed by atoms with Crippen LogP contribution in [0.2, 0.25) is 0 Å². The molecule has 0 bridgehead atoms. The van der Waals surface area contributed by atoms with Gasteiger partial charge in [0, 0.05) is 0 Å². The van der Waals surface area contributed by atoms with Gasteiger partial charge in [-0.25, -0.2) is 0 Å². The number of nitrogens with one attached hydrogen (secondary N) is 1. The quantitative estimate of drug-likeness (QED) is 0.650. The second kappa shape index (κ2) is 8.38. The first kappa shape index (κ1) is 17.8. The predicted molar refractivity (Wildman–Crippen MR) is 108 cm³/mol. The van der Waals surface area contributed by atoms with Crippen LogP contribution in [-0.2, 0) is 16.9 Å². The van der Waals surface area contributed by atoms with Crippen molar-refractivity contribution in [2.75, 3.05) is 13.1 Å². The molecule has 0 saturated carbocycles. The smallest absolute Gasteiger partial charge is 0.127 e. The molecule has 3 nitrogen and oxygen atoms in total. The summed E-state index contributed by atoms with van der Waals surface area (Å²) >= 11 is 0. The van der Waals surface area contributed by atoms with Crippen molar-refractivity contribution in [2.24, 2.45) is 0 Å². The molecule has 0 aliphatic carbocycles. The fourth-order valence-corrected chi connectivity index (χ4v) is 3.59. The molecule has 0 spiro atoms. The normalized spacial score (nSPS) is 16.0. The maximum atomic E-state index is 6.52. The lowest BCUT2D eigenvalue weighted by Crippen LogP contribution is -2.41. The molecule has 1 fully saturated rings. The SMILES string of the molecule is c1ccc(COC2(c3ccc(Oc4ccccc4)cc3)CCNCC2)cc1. The van der Waals surface area contributed by atoms with Crippen molar-refractivity contribution in [3.8, 4) is 11.5 Å². The zero-order valence-corrected chi connectivity index (χ0v) is 15.4. The van der Waals surface area contributed by atoms with Crippen LogP contribution in [0.15, 0.2) is 84.9 Å². The van der Waals surface area contributed by atoms with Crippen LogP contribution in [0.4, 0.5) is 0 Å². The maximum Gasteiger partial charge on any atom is 0.127 e. The Bertz CT molecular complexity index is 825. The molecule has 1 N–H and O–H groups in total. The Morgan fingerprint density at radius 1 is 0.704 bits per heavy atom. The number of hydrogen-bond donors (Lipinski definition) is 1. The number of para-hydroxylation sites is 1. The molecule has 0 radical (unpaired) electrons. The Labute approximate surface area is 161 Å².